The summed E-state index contributed by atoms with van der Waals surface area (Å²) in [5.41, 5.74) is 1.22. The fourth-order valence-electron chi connectivity index (χ4n) is 3.80. The van der Waals surface area contributed by atoms with Gasteiger partial charge in [-0.2, -0.15) is 31.6 Å². The standard InChI is InChI=1S/C21H19BrF6N2OS/c1-11-18(32-19(30-11)12-4-6-15(7-5-12)21(26,27)28)17(31-10-20(23,24)25)13-2-3-14(9-29)16(22)8-13/h2-3,8,12,15,17H,4-7,10H2,1H3. The van der Waals surface area contributed by atoms with Gasteiger partial charge in [-0.1, -0.05) is 6.07 Å². The molecule has 0 saturated heterocycles. The Bertz CT molecular complexity index is 990. The van der Waals surface area contributed by atoms with Crippen molar-refractivity contribution >= 4 is 27.3 Å². The summed E-state index contributed by atoms with van der Waals surface area (Å²) in [6, 6.07) is 6.52. The maximum absolute atomic E-state index is 13.0. The Kier molecular flexibility index (Phi) is 7.57. The molecule has 1 aromatic heterocycles. The SMILES string of the molecule is Cc1nc(C2CCC(C(F)(F)F)CC2)sc1C(OCC(F)(F)F)c1ccc(C#N)c(Br)c1. The maximum atomic E-state index is 13.0. The van der Waals surface area contributed by atoms with Gasteiger partial charge in [0.1, 0.15) is 18.8 Å². The van der Waals surface area contributed by atoms with Gasteiger partial charge in [0.15, 0.2) is 0 Å². The maximum Gasteiger partial charge on any atom is 0.411 e. The van der Waals surface area contributed by atoms with Crippen LogP contribution >= 0.6 is 27.3 Å². The van der Waals surface area contributed by atoms with E-state index in [9.17, 15) is 26.3 Å². The van der Waals surface area contributed by atoms with E-state index in [1.807, 2.05) is 6.07 Å². The second-order valence-corrected chi connectivity index (χ2v) is 9.67. The number of halogens is 7. The van der Waals surface area contributed by atoms with Crippen molar-refractivity contribution in [2.75, 3.05) is 6.61 Å². The normalized spacial score (nSPS) is 20.7. The lowest BCUT2D eigenvalue weighted by molar-refractivity contribution is -0.182. The molecule has 0 spiro atoms. The molecule has 1 aromatic carbocycles. The molecular formula is C21H19BrF6N2OS. The van der Waals surface area contributed by atoms with Crippen LogP contribution in [0.5, 0.6) is 0 Å². The quantitative estimate of drug-likeness (QED) is 0.367. The summed E-state index contributed by atoms with van der Waals surface area (Å²) >= 11 is 4.42. The van der Waals surface area contributed by atoms with E-state index in [0.29, 0.717) is 44.0 Å². The Morgan fingerprint density at radius 3 is 2.38 bits per heavy atom. The molecule has 2 aromatic rings. The number of rotatable bonds is 5. The van der Waals surface area contributed by atoms with Crippen LogP contribution in [0.2, 0.25) is 0 Å². The smallest absolute Gasteiger partial charge is 0.358 e. The lowest BCUT2D eigenvalue weighted by atomic mass is 9.82. The third kappa shape index (κ3) is 6.02. The van der Waals surface area contributed by atoms with Crippen molar-refractivity contribution in [3.05, 3.63) is 49.4 Å². The fourth-order valence-corrected chi connectivity index (χ4v) is 5.60. The number of aromatic nitrogens is 1. The highest BCUT2D eigenvalue weighted by Crippen LogP contribution is 2.45. The molecule has 1 aliphatic rings. The van der Waals surface area contributed by atoms with Crippen LogP contribution in [0, 0.1) is 24.2 Å². The van der Waals surface area contributed by atoms with Crippen molar-refractivity contribution in [2.45, 2.75) is 57.0 Å². The molecule has 1 fully saturated rings. The van der Waals surface area contributed by atoms with Crippen LogP contribution in [-0.2, 0) is 4.74 Å². The highest BCUT2D eigenvalue weighted by atomic mass is 79.9. The van der Waals surface area contributed by atoms with Gasteiger partial charge < -0.3 is 4.74 Å². The number of benzene rings is 1. The molecule has 1 unspecified atom stereocenters. The van der Waals surface area contributed by atoms with Gasteiger partial charge in [0.05, 0.1) is 27.1 Å². The van der Waals surface area contributed by atoms with Crippen LogP contribution in [-0.4, -0.2) is 23.9 Å². The summed E-state index contributed by atoms with van der Waals surface area (Å²) in [6.45, 7) is 0.179. The van der Waals surface area contributed by atoms with Crippen molar-refractivity contribution < 1.29 is 31.1 Å². The van der Waals surface area contributed by atoms with Crippen LogP contribution in [0.1, 0.15) is 64.4 Å². The van der Waals surface area contributed by atoms with Crippen LogP contribution in [0.15, 0.2) is 22.7 Å². The van der Waals surface area contributed by atoms with Gasteiger partial charge >= 0.3 is 12.4 Å². The highest BCUT2D eigenvalue weighted by Gasteiger charge is 2.42. The Morgan fingerprint density at radius 1 is 1.19 bits per heavy atom. The Labute approximate surface area is 193 Å². The van der Waals surface area contributed by atoms with Gasteiger partial charge in [0, 0.05) is 10.4 Å². The third-order valence-corrected chi connectivity index (χ3v) is 7.48. The van der Waals surface area contributed by atoms with E-state index in [2.05, 4.69) is 20.9 Å². The molecule has 3 nitrogen and oxygen atoms in total. The van der Waals surface area contributed by atoms with Gasteiger partial charge in [-0.05, 0) is 66.2 Å². The number of hydrogen-bond donors (Lipinski definition) is 0. The predicted molar refractivity (Wildman–Crippen MR) is 110 cm³/mol. The zero-order valence-corrected chi connectivity index (χ0v) is 19.3. The summed E-state index contributed by atoms with van der Waals surface area (Å²) in [5, 5.41) is 9.71. The molecule has 0 radical (unpaired) electrons. The molecular weight excluding hydrogens is 522 g/mol. The summed E-state index contributed by atoms with van der Waals surface area (Å²) in [6.07, 6.45) is -9.15. The molecule has 1 aliphatic carbocycles. The van der Waals surface area contributed by atoms with Crippen LogP contribution < -0.4 is 0 Å². The first kappa shape index (κ1) is 25.0. The molecule has 3 rings (SSSR count). The van der Waals surface area contributed by atoms with Crippen molar-refractivity contribution in [2.24, 2.45) is 5.92 Å². The largest absolute Gasteiger partial charge is 0.411 e. The first-order valence-corrected chi connectivity index (χ1v) is 11.4. The number of ether oxygens (including phenoxy) is 1. The topological polar surface area (TPSA) is 45.9 Å². The minimum atomic E-state index is -4.54. The number of nitriles is 1. The second-order valence-electron chi connectivity index (χ2n) is 7.75. The molecule has 1 saturated carbocycles. The van der Waals surface area contributed by atoms with Gasteiger partial charge in [-0.25, -0.2) is 4.98 Å². The number of nitrogens with zero attached hydrogens (tertiary/aromatic N) is 2. The first-order chi connectivity index (χ1) is 14.9. The average molecular weight is 541 g/mol. The highest BCUT2D eigenvalue weighted by molar-refractivity contribution is 9.10. The molecule has 1 atom stereocenters. The summed E-state index contributed by atoms with van der Waals surface area (Å²) in [5.74, 6) is -1.49. The summed E-state index contributed by atoms with van der Waals surface area (Å²) in [7, 11) is 0. The minimum Gasteiger partial charge on any atom is -0.358 e. The molecule has 0 amide bonds. The summed E-state index contributed by atoms with van der Waals surface area (Å²) in [4.78, 5) is 4.95. The van der Waals surface area contributed by atoms with Gasteiger partial charge in [0.2, 0.25) is 0 Å². The van der Waals surface area contributed by atoms with E-state index in [-0.39, 0.29) is 18.8 Å². The Morgan fingerprint density at radius 2 is 1.84 bits per heavy atom. The van der Waals surface area contributed by atoms with E-state index in [0.717, 1.165) is 0 Å². The van der Waals surface area contributed by atoms with E-state index in [1.165, 1.54) is 29.5 Å². The number of hydrogen-bond acceptors (Lipinski definition) is 4. The monoisotopic (exact) mass is 540 g/mol. The zero-order chi connectivity index (χ0) is 23.7. The van der Waals surface area contributed by atoms with Crippen molar-refractivity contribution in [3.63, 3.8) is 0 Å². The molecule has 0 N–H and O–H groups in total. The second kappa shape index (κ2) is 9.69. The van der Waals surface area contributed by atoms with Gasteiger partial charge in [-0.15, -0.1) is 11.3 Å². The average Bonchev–Trinajstić information content (AvgIpc) is 3.08. The van der Waals surface area contributed by atoms with Crippen LogP contribution in [0.4, 0.5) is 26.3 Å². The molecule has 11 heteroatoms. The molecule has 1 heterocycles. The number of aryl methyl sites for hydroxylation is 1. The fraction of sp³-hybridized carbons (Fsp3) is 0.524. The van der Waals surface area contributed by atoms with E-state index < -0.39 is 31.0 Å². The van der Waals surface area contributed by atoms with Gasteiger partial charge in [-0.3, -0.25) is 0 Å². The van der Waals surface area contributed by atoms with Crippen molar-refractivity contribution in [1.82, 2.24) is 4.98 Å². The van der Waals surface area contributed by atoms with Crippen LogP contribution in [0.25, 0.3) is 0 Å². The summed E-state index contributed by atoms with van der Waals surface area (Å²) < 4.78 is 83.2. The molecule has 32 heavy (non-hydrogen) atoms. The molecule has 0 bridgehead atoms. The third-order valence-electron chi connectivity index (χ3n) is 5.46. The number of alkyl halides is 6. The van der Waals surface area contributed by atoms with Crippen LogP contribution in [0.3, 0.4) is 0 Å². The van der Waals surface area contributed by atoms with Gasteiger partial charge in [0.25, 0.3) is 0 Å². The minimum absolute atomic E-state index is 0.0126. The van der Waals surface area contributed by atoms with E-state index >= 15 is 0 Å². The van der Waals surface area contributed by atoms with Crippen molar-refractivity contribution in [1.29, 1.82) is 5.26 Å². The molecule has 0 aliphatic heterocycles. The Balaban J connectivity index is 1.88. The predicted octanol–water partition coefficient (Wildman–Crippen LogP) is 7.59. The lowest BCUT2D eigenvalue weighted by Crippen LogP contribution is -2.27. The van der Waals surface area contributed by atoms with Crippen molar-refractivity contribution in [3.8, 4) is 6.07 Å². The zero-order valence-electron chi connectivity index (χ0n) is 16.9. The first-order valence-electron chi connectivity index (χ1n) is 9.81. The van der Waals surface area contributed by atoms with E-state index in [1.54, 1.807) is 6.92 Å². The Hall–Kier alpha value is -1.64. The lowest BCUT2D eigenvalue weighted by Gasteiger charge is -2.28. The number of thiazole rings is 1. The van der Waals surface area contributed by atoms with E-state index in [4.69, 9.17) is 10.00 Å². The molecule has 174 valence electrons.